The molecule has 0 aromatic heterocycles. The molecule has 23 heavy (non-hydrogen) atoms. The summed E-state index contributed by atoms with van der Waals surface area (Å²) in [5.41, 5.74) is 0. The zero-order valence-electron chi connectivity index (χ0n) is 14.1. The number of aliphatic carboxylic acids is 1. The largest absolute Gasteiger partial charge is 0.481 e. The van der Waals surface area contributed by atoms with Gasteiger partial charge in [-0.25, -0.2) is 4.79 Å². The molecule has 0 atom stereocenters. The number of carboxylic acid groups (broad SMARTS) is 1. The minimum Gasteiger partial charge on any atom is -0.481 e. The molecule has 0 spiro atoms. The molecule has 0 bridgehead atoms. The predicted molar refractivity (Wildman–Crippen MR) is 88.0 cm³/mol. The first-order valence-electron chi connectivity index (χ1n) is 8.24. The number of amides is 1. The van der Waals surface area contributed by atoms with Crippen molar-refractivity contribution in [3.63, 3.8) is 0 Å². The molecule has 0 saturated carbocycles. The van der Waals surface area contributed by atoms with E-state index in [0.717, 1.165) is 65.0 Å². The second-order valence-corrected chi connectivity index (χ2v) is 5.50. The van der Waals surface area contributed by atoms with Crippen LogP contribution in [-0.4, -0.2) is 47.5 Å². The van der Waals surface area contributed by atoms with Gasteiger partial charge in [0.1, 0.15) is 0 Å². The van der Waals surface area contributed by atoms with E-state index < -0.39 is 5.97 Å². The highest BCUT2D eigenvalue weighted by Gasteiger charge is 2.15. The van der Waals surface area contributed by atoms with E-state index in [2.05, 4.69) is 6.58 Å². The maximum atomic E-state index is 11.7. The third-order valence-electron chi connectivity index (χ3n) is 3.40. The van der Waals surface area contributed by atoms with Gasteiger partial charge in [-0.3, -0.25) is 9.59 Å². The van der Waals surface area contributed by atoms with E-state index in [1.165, 1.54) is 12.5 Å². The number of likely N-dealkylation sites (tertiary alicyclic amines) is 1. The summed E-state index contributed by atoms with van der Waals surface area (Å²) in [5.74, 6) is -0.868. The van der Waals surface area contributed by atoms with Gasteiger partial charge >= 0.3 is 5.97 Å². The molecule has 1 aliphatic rings. The minimum atomic E-state index is -0.833. The highest BCUT2D eigenvalue weighted by Crippen LogP contribution is 2.12. The van der Waals surface area contributed by atoms with E-state index in [1.54, 1.807) is 0 Å². The molecule has 1 aliphatic heterocycles. The fraction of sp³-hybridized carbons (Fsp3) is 0.706. The van der Waals surface area contributed by atoms with E-state index >= 15 is 0 Å². The fourth-order valence-electron chi connectivity index (χ4n) is 2.26. The SMILES string of the molecule is C=CC(=O)OCCCCCCN1CCCCCC1=O.CC(=O)O. The average molecular weight is 327 g/mol. The molecular formula is C17H29NO5. The monoisotopic (exact) mass is 327 g/mol. The molecule has 0 unspecified atom stereocenters. The van der Waals surface area contributed by atoms with Crippen molar-refractivity contribution in [2.24, 2.45) is 0 Å². The number of rotatable bonds is 8. The lowest BCUT2D eigenvalue weighted by molar-refractivity contribution is -0.138. The maximum Gasteiger partial charge on any atom is 0.330 e. The molecule has 1 rings (SSSR count). The fourth-order valence-corrected chi connectivity index (χ4v) is 2.26. The number of carboxylic acids is 1. The minimum absolute atomic E-state index is 0.317. The van der Waals surface area contributed by atoms with Gasteiger partial charge in [-0.1, -0.05) is 19.4 Å². The Morgan fingerprint density at radius 1 is 1.22 bits per heavy atom. The van der Waals surface area contributed by atoms with Crippen LogP contribution in [0, 0.1) is 0 Å². The standard InChI is InChI=1S/C15H25NO3.C2H4O2/c1-2-15(18)19-13-9-4-3-7-11-16-12-8-5-6-10-14(16)17;1-2(3)4/h2H,1,3-13H2;1H3,(H,3,4). The van der Waals surface area contributed by atoms with Gasteiger partial charge in [0.05, 0.1) is 6.61 Å². The van der Waals surface area contributed by atoms with Gasteiger partial charge in [0.2, 0.25) is 5.91 Å². The van der Waals surface area contributed by atoms with E-state index in [0.29, 0.717) is 12.5 Å². The Balaban J connectivity index is 0.00000108. The first-order chi connectivity index (χ1) is 11.0. The lowest BCUT2D eigenvalue weighted by Gasteiger charge is -2.20. The number of esters is 1. The Morgan fingerprint density at radius 2 is 1.87 bits per heavy atom. The highest BCUT2D eigenvalue weighted by atomic mass is 16.5. The topological polar surface area (TPSA) is 83.9 Å². The van der Waals surface area contributed by atoms with Crippen LogP contribution >= 0.6 is 0 Å². The van der Waals surface area contributed by atoms with Gasteiger partial charge in [0, 0.05) is 32.5 Å². The predicted octanol–water partition coefficient (Wildman–Crippen LogP) is 2.77. The maximum absolute atomic E-state index is 11.7. The molecule has 1 N–H and O–H groups in total. The smallest absolute Gasteiger partial charge is 0.330 e. The van der Waals surface area contributed by atoms with Crippen molar-refractivity contribution in [3.8, 4) is 0 Å². The van der Waals surface area contributed by atoms with Gasteiger partial charge in [-0.05, 0) is 32.1 Å². The summed E-state index contributed by atoms with van der Waals surface area (Å²) in [4.78, 5) is 33.5. The number of ether oxygens (including phenoxy) is 1. The second kappa shape index (κ2) is 13.8. The highest BCUT2D eigenvalue weighted by molar-refractivity contribution is 5.81. The average Bonchev–Trinajstić information content (AvgIpc) is 2.70. The zero-order valence-corrected chi connectivity index (χ0v) is 14.1. The van der Waals surface area contributed by atoms with Crippen LogP contribution in [0.1, 0.15) is 58.3 Å². The number of carbonyl (C=O) groups excluding carboxylic acids is 2. The number of hydrogen-bond acceptors (Lipinski definition) is 4. The quantitative estimate of drug-likeness (QED) is 0.421. The van der Waals surface area contributed by atoms with Crippen LogP contribution in [0.15, 0.2) is 12.7 Å². The molecular weight excluding hydrogens is 298 g/mol. The summed E-state index contributed by atoms with van der Waals surface area (Å²) in [6.07, 6.45) is 9.31. The Hall–Kier alpha value is -1.85. The lowest BCUT2D eigenvalue weighted by Crippen LogP contribution is -2.31. The summed E-state index contributed by atoms with van der Waals surface area (Å²) < 4.78 is 4.90. The first kappa shape index (κ1) is 21.1. The number of hydrogen-bond donors (Lipinski definition) is 1. The Kier molecular flexibility index (Phi) is 12.7. The van der Waals surface area contributed by atoms with Crippen LogP contribution in [0.3, 0.4) is 0 Å². The van der Waals surface area contributed by atoms with Crippen LogP contribution in [-0.2, 0) is 19.1 Å². The van der Waals surface area contributed by atoms with E-state index in [1.807, 2.05) is 4.90 Å². The third kappa shape index (κ3) is 13.5. The second-order valence-electron chi connectivity index (χ2n) is 5.50. The molecule has 0 aromatic carbocycles. The molecule has 1 amide bonds. The van der Waals surface area contributed by atoms with Gasteiger partial charge in [0.25, 0.3) is 5.97 Å². The van der Waals surface area contributed by atoms with Crippen molar-refractivity contribution in [2.45, 2.75) is 58.3 Å². The number of carbonyl (C=O) groups is 3. The Morgan fingerprint density at radius 3 is 2.52 bits per heavy atom. The first-order valence-corrected chi connectivity index (χ1v) is 8.24. The van der Waals surface area contributed by atoms with Crippen molar-refractivity contribution in [2.75, 3.05) is 19.7 Å². The number of unbranched alkanes of at least 4 members (excludes halogenated alkanes) is 3. The molecule has 0 radical (unpaired) electrons. The summed E-state index contributed by atoms with van der Waals surface area (Å²) in [6, 6.07) is 0. The summed E-state index contributed by atoms with van der Waals surface area (Å²) in [6.45, 7) is 6.70. The van der Waals surface area contributed by atoms with Crippen molar-refractivity contribution in [1.82, 2.24) is 4.90 Å². The van der Waals surface area contributed by atoms with Crippen LogP contribution in [0.2, 0.25) is 0 Å². The lowest BCUT2D eigenvalue weighted by atomic mass is 10.2. The molecule has 1 heterocycles. The van der Waals surface area contributed by atoms with Crippen molar-refractivity contribution < 1.29 is 24.2 Å². The molecule has 0 aromatic rings. The third-order valence-corrected chi connectivity index (χ3v) is 3.40. The van der Waals surface area contributed by atoms with Crippen LogP contribution in [0.25, 0.3) is 0 Å². The van der Waals surface area contributed by atoms with E-state index in [-0.39, 0.29) is 5.97 Å². The molecule has 1 fully saturated rings. The summed E-state index contributed by atoms with van der Waals surface area (Å²) >= 11 is 0. The van der Waals surface area contributed by atoms with Crippen molar-refractivity contribution in [3.05, 3.63) is 12.7 Å². The van der Waals surface area contributed by atoms with E-state index in [4.69, 9.17) is 14.6 Å². The molecule has 6 nitrogen and oxygen atoms in total. The Bertz CT molecular complexity index is 377. The molecule has 1 saturated heterocycles. The van der Waals surface area contributed by atoms with Crippen LogP contribution < -0.4 is 0 Å². The van der Waals surface area contributed by atoms with Crippen molar-refractivity contribution >= 4 is 17.8 Å². The van der Waals surface area contributed by atoms with Gasteiger partial charge in [-0.2, -0.15) is 0 Å². The van der Waals surface area contributed by atoms with E-state index in [9.17, 15) is 9.59 Å². The molecule has 0 aliphatic carbocycles. The van der Waals surface area contributed by atoms with Gasteiger partial charge in [-0.15, -0.1) is 0 Å². The van der Waals surface area contributed by atoms with Gasteiger partial charge in [0.15, 0.2) is 0 Å². The Labute approximate surface area is 138 Å². The zero-order chi connectivity index (χ0) is 17.5. The van der Waals surface area contributed by atoms with Crippen LogP contribution in [0.4, 0.5) is 0 Å². The van der Waals surface area contributed by atoms with Crippen LogP contribution in [0.5, 0.6) is 0 Å². The normalized spacial score (nSPS) is 14.3. The molecule has 6 heteroatoms. The number of nitrogens with zero attached hydrogens (tertiary/aromatic N) is 1. The summed E-state index contributed by atoms with van der Waals surface area (Å²) in [7, 11) is 0. The van der Waals surface area contributed by atoms with Crippen molar-refractivity contribution in [1.29, 1.82) is 0 Å². The molecule has 132 valence electrons. The van der Waals surface area contributed by atoms with Gasteiger partial charge < -0.3 is 14.7 Å². The summed E-state index contributed by atoms with van der Waals surface area (Å²) in [5, 5.41) is 7.42.